The van der Waals surface area contributed by atoms with Crippen LogP contribution >= 0.6 is 0 Å². The summed E-state index contributed by atoms with van der Waals surface area (Å²) in [4.78, 5) is 14.0. The molecule has 15 heavy (non-hydrogen) atoms. The molecule has 2 rings (SSSR count). The van der Waals surface area contributed by atoms with Gasteiger partial charge >= 0.3 is 5.82 Å². The molecule has 0 radical (unpaired) electrons. The smallest absolute Gasteiger partial charge is 0.366 e. The monoisotopic (exact) mass is 208 g/mol. The van der Waals surface area contributed by atoms with Gasteiger partial charge in [0, 0.05) is 0 Å². The molecular weight excluding hydrogens is 196 g/mol. The first-order valence-corrected chi connectivity index (χ1v) is 5.00. The second-order valence-electron chi connectivity index (χ2n) is 3.58. The van der Waals surface area contributed by atoms with E-state index in [1.165, 1.54) is 6.20 Å². The van der Waals surface area contributed by atoms with Crippen molar-refractivity contribution in [3.63, 3.8) is 0 Å². The van der Waals surface area contributed by atoms with Crippen molar-refractivity contribution in [1.82, 2.24) is 4.98 Å². The van der Waals surface area contributed by atoms with Crippen molar-refractivity contribution in [2.75, 3.05) is 0 Å². The molecule has 0 aliphatic heterocycles. The number of ether oxygens (including phenoxy) is 1. The van der Waals surface area contributed by atoms with Crippen molar-refractivity contribution in [3.05, 3.63) is 27.9 Å². The molecule has 1 fully saturated rings. The Kier molecular flexibility index (Phi) is 2.53. The largest absolute Gasteiger partial charge is 0.486 e. The van der Waals surface area contributed by atoms with Crippen LogP contribution in [0.4, 0.5) is 5.82 Å². The molecule has 0 spiro atoms. The molecule has 1 saturated carbocycles. The Morgan fingerprint density at radius 3 is 2.93 bits per heavy atom. The van der Waals surface area contributed by atoms with Gasteiger partial charge in [-0.25, -0.2) is 0 Å². The quantitative estimate of drug-likeness (QED) is 0.561. The van der Waals surface area contributed by atoms with Gasteiger partial charge in [-0.15, -0.1) is 0 Å². The van der Waals surface area contributed by atoms with Crippen LogP contribution in [0.5, 0.6) is 5.75 Å². The number of nitrogens with zero attached hydrogens (tertiary/aromatic N) is 2. The molecule has 0 amide bonds. The van der Waals surface area contributed by atoms with E-state index >= 15 is 0 Å². The molecule has 80 valence electrons. The highest BCUT2D eigenvalue weighted by Gasteiger charge is 2.25. The number of nitro groups is 1. The van der Waals surface area contributed by atoms with Crippen LogP contribution in [0.25, 0.3) is 0 Å². The molecule has 5 heteroatoms. The average molecular weight is 208 g/mol. The molecule has 0 bridgehead atoms. The van der Waals surface area contributed by atoms with Gasteiger partial charge in [-0.1, -0.05) is 6.92 Å². The summed E-state index contributed by atoms with van der Waals surface area (Å²) in [6.07, 6.45) is 4.44. The second-order valence-corrected chi connectivity index (χ2v) is 3.58. The van der Waals surface area contributed by atoms with Gasteiger partial charge in [-0.3, -0.25) is 0 Å². The Bertz CT molecular complexity index is 388. The number of aromatic nitrogens is 1. The van der Waals surface area contributed by atoms with Gasteiger partial charge in [-0.2, -0.15) is 0 Å². The van der Waals surface area contributed by atoms with E-state index in [0.717, 1.165) is 12.8 Å². The van der Waals surface area contributed by atoms with Crippen LogP contribution in [0, 0.1) is 10.1 Å². The summed E-state index contributed by atoms with van der Waals surface area (Å²) in [7, 11) is 0. The van der Waals surface area contributed by atoms with Crippen LogP contribution in [0.15, 0.2) is 12.3 Å². The number of pyridine rings is 1. The van der Waals surface area contributed by atoms with Crippen molar-refractivity contribution >= 4 is 5.82 Å². The van der Waals surface area contributed by atoms with Crippen molar-refractivity contribution in [1.29, 1.82) is 0 Å². The summed E-state index contributed by atoms with van der Waals surface area (Å²) >= 11 is 0. The maximum Gasteiger partial charge on any atom is 0.366 e. The summed E-state index contributed by atoms with van der Waals surface area (Å²) in [6, 6.07) is 1.71. The normalized spacial score (nSPS) is 15.0. The summed E-state index contributed by atoms with van der Waals surface area (Å²) < 4.78 is 5.52. The van der Waals surface area contributed by atoms with Crippen molar-refractivity contribution < 1.29 is 9.66 Å². The van der Waals surface area contributed by atoms with Crippen LogP contribution in [-0.4, -0.2) is 16.0 Å². The maximum atomic E-state index is 10.6. The lowest BCUT2D eigenvalue weighted by molar-refractivity contribution is -0.390. The van der Waals surface area contributed by atoms with E-state index in [-0.39, 0.29) is 11.9 Å². The summed E-state index contributed by atoms with van der Waals surface area (Å²) in [5.41, 5.74) is 0.623. The average Bonchev–Trinajstić information content (AvgIpc) is 3.01. The van der Waals surface area contributed by atoms with Crippen LogP contribution in [0.1, 0.15) is 25.3 Å². The van der Waals surface area contributed by atoms with Gasteiger partial charge in [0.25, 0.3) is 0 Å². The fourth-order valence-corrected chi connectivity index (χ4v) is 1.35. The van der Waals surface area contributed by atoms with Gasteiger partial charge in [0.15, 0.2) is 11.9 Å². The zero-order valence-electron chi connectivity index (χ0n) is 8.47. The van der Waals surface area contributed by atoms with Crippen LogP contribution in [0.2, 0.25) is 0 Å². The molecule has 0 aromatic carbocycles. The minimum absolute atomic E-state index is 0.0688. The Morgan fingerprint density at radius 2 is 2.40 bits per heavy atom. The van der Waals surface area contributed by atoms with E-state index < -0.39 is 4.92 Å². The fraction of sp³-hybridized carbons (Fsp3) is 0.500. The lowest BCUT2D eigenvalue weighted by Crippen LogP contribution is -2.01. The highest BCUT2D eigenvalue weighted by molar-refractivity contribution is 5.38. The number of hydrogen-bond donors (Lipinski definition) is 0. The third-order valence-corrected chi connectivity index (χ3v) is 2.30. The van der Waals surface area contributed by atoms with E-state index in [4.69, 9.17) is 4.74 Å². The zero-order valence-corrected chi connectivity index (χ0v) is 8.47. The third-order valence-electron chi connectivity index (χ3n) is 2.30. The molecule has 5 nitrogen and oxygen atoms in total. The van der Waals surface area contributed by atoms with Gasteiger partial charge in [0.05, 0.1) is 11.7 Å². The predicted molar refractivity (Wildman–Crippen MR) is 53.9 cm³/mol. The van der Waals surface area contributed by atoms with Gasteiger partial charge < -0.3 is 14.9 Å². The molecule has 1 heterocycles. The Morgan fingerprint density at radius 1 is 1.67 bits per heavy atom. The Labute approximate surface area is 87.2 Å². The first-order valence-electron chi connectivity index (χ1n) is 5.00. The zero-order chi connectivity index (χ0) is 10.8. The van der Waals surface area contributed by atoms with Crippen LogP contribution in [-0.2, 0) is 6.42 Å². The fourth-order valence-electron chi connectivity index (χ4n) is 1.35. The Balaban J connectivity index is 2.24. The molecule has 1 aliphatic carbocycles. The molecule has 1 aliphatic rings. The van der Waals surface area contributed by atoms with Gasteiger partial charge in [-0.05, 0) is 35.2 Å². The molecule has 1 aromatic heterocycles. The second kappa shape index (κ2) is 3.84. The standard InChI is InChI=1S/C10H12N2O3/c1-2-7-5-9(15-8-3-4-8)6-11-10(7)12(13)14/h5-6,8H,2-4H2,1H3. The summed E-state index contributed by atoms with van der Waals surface area (Å²) in [5, 5.41) is 10.6. The topological polar surface area (TPSA) is 65.3 Å². The molecule has 1 aromatic rings. The first kappa shape index (κ1) is 9.89. The summed E-state index contributed by atoms with van der Waals surface area (Å²) in [5.74, 6) is 0.570. The molecular formula is C10H12N2O3. The van der Waals surface area contributed by atoms with Crippen molar-refractivity contribution in [2.24, 2.45) is 0 Å². The Hall–Kier alpha value is -1.65. The van der Waals surface area contributed by atoms with E-state index in [0.29, 0.717) is 17.7 Å². The van der Waals surface area contributed by atoms with Crippen LogP contribution in [0.3, 0.4) is 0 Å². The van der Waals surface area contributed by atoms with Gasteiger partial charge in [0.2, 0.25) is 0 Å². The number of rotatable bonds is 4. The maximum absolute atomic E-state index is 10.6. The highest BCUT2D eigenvalue weighted by Crippen LogP contribution is 2.28. The van der Waals surface area contributed by atoms with E-state index in [1.807, 2.05) is 6.92 Å². The third kappa shape index (κ3) is 2.23. The first-order chi connectivity index (χ1) is 7.20. The predicted octanol–water partition coefficient (Wildman–Crippen LogP) is 2.09. The molecule has 0 saturated heterocycles. The van der Waals surface area contributed by atoms with Gasteiger partial charge in [0.1, 0.15) is 0 Å². The van der Waals surface area contributed by atoms with E-state index in [9.17, 15) is 10.1 Å². The van der Waals surface area contributed by atoms with Crippen LogP contribution < -0.4 is 4.74 Å². The SMILES string of the molecule is CCc1cc(OC2CC2)cnc1[N+](=O)[O-]. The number of aryl methyl sites for hydroxylation is 1. The van der Waals surface area contributed by atoms with E-state index in [1.54, 1.807) is 6.07 Å². The molecule has 0 atom stereocenters. The lowest BCUT2D eigenvalue weighted by Gasteiger charge is -2.04. The molecule has 0 N–H and O–H groups in total. The van der Waals surface area contributed by atoms with Crippen molar-refractivity contribution in [2.45, 2.75) is 32.3 Å². The number of hydrogen-bond acceptors (Lipinski definition) is 4. The highest BCUT2D eigenvalue weighted by atomic mass is 16.6. The van der Waals surface area contributed by atoms with E-state index in [2.05, 4.69) is 4.98 Å². The lowest BCUT2D eigenvalue weighted by atomic mass is 10.2. The molecule has 0 unspecified atom stereocenters. The minimum atomic E-state index is -0.459. The minimum Gasteiger partial charge on any atom is -0.486 e. The summed E-state index contributed by atoms with van der Waals surface area (Å²) in [6.45, 7) is 1.87. The van der Waals surface area contributed by atoms with Crippen molar-refractivity contribution in [3.8, 4) is 5.75 Å².